The van der Waals surface area contributed by atoms with Crippen molar-refractivity contribution in [3.8, 4) is 11.3 Å². The molecule has 1 heterocycles. The van der Waals surface area contributed by atoms with Gasteiger partial charge in [-0.25, -0.2) is 0 Å². The third kappa shape index (κ3) is 2.72. The first kappa shape index (κ1) is 12.7. The number of hydrogen-bond acceptors (Lipinski definition) is 3. The summed E-state index contributed by atoms with van der Waals surface area (Å²) in [6, 6.07) is 9.79. The number of benzene rings is 1. The number of hydrogen-bond donors (Lipinski definition) is 2. The smallest absolute Gasteiger partial charge is 0.320 e. The molecule has 0 radical (unpaired) electrons. The van der Waals surface area contributed by atoms with Gasteiger partial charge < -0.3 is 15.3 Å². The summed E-state index contributed by atoms with van der Waals surface area (Å²) < 4.78 is 5.54. The van der Waals surface area contributed by atoms with Gasteiger partial charge in [0.15, 0.2) is 0 Å². The molecular formula is C13H12ClNO3. The standard InChI is InChI=1S/C13H12ClNO3/c14-10-4-2-1-3-9(10)12-6-5-8(18-12)7-11(15)13(16)17/h1-6,11H,7,15H2,(H,16,17)/t11-/m1/s1. The van der Waals surface area contributed by atoms with E-state index in [1.165, 1.54) is 0 Å². The Balaban J connectivity index is 2.21. The maximum Gasteiger partial charge on any atom is 0.320 e. The molecule has 0 aliphatic carbocycles. The fraction of sp³-hybridized carbons (Fsp3) is 0.154. The molecule has 0 aliphatic heterocycles. The van der Waals surface area contributed by atoms with E-state index in [4.69, 9.17) is 26.9 Å². The van der Waals surface area contributed by atoms with E-state index in [0.717, 1.165) is 5.56 Å². The molecule has 94 valence electrons. The number of carboxylic acids is 1. The van der Waals surface area contributed by atoms with Crippen LogP contribution in [0.15, 0.2) is 40.8 Å². The fourth-order valence-corrected chi connectivity index (χ4v) is 1.83. The minimum atomic E-state index is -1.05. The number of furan rings is 1. The van der Waals surface area contributed by atoms with Gasteiger partial charge in [-0.15, -0.1) is 0 Å². The van der Waals surface area contributed by atoms with E-state index in [1.54, 1.807) is 18.2 Å². The van der Waals surface area contributed by atoms with Crippen LogP contribution in [0.5, 0.6) is 0 Å². The normalized spacial score (nSPS) is 12.3. The van der Waals surface area contributed by atoms with Crippen LogP contribution in [-0.4, -0.2) is 17.1 Å². The number of aliphatic carboxylic acids is 1. The zero-order valence-electron chi connectivity index (χ0n) is 9.47. The molecule has 2 rings (SSSR count). The van der Waals surface area contributed by atoms with Crippen molar-refractivity contribution in [2.45, 2.75) is 12.5 Å². The van der Waals surface area contributed by atoms with Gasteiger partial charge in [0.25, 0.3) is 0 Å². The molecule has 3 N–H and O–H groups in total. The highest BCUT2D eigenvalue weighted by Crippen LogP contribution is 2.29. The first-order valence-corrected chi connectivity index (χ1v) is 5.77. The van der Waals surface area contributed by atoms with Gasteiger partial charge in [-0.3, -0.25) is 4.79 Å². The number of carbonyl (C=O) groups is 1. The van der Waals surface area contributed by atoms with Crippen LogP contribution in [0.4, 0.5) is 0 Å². The summed E-state index contributed by atoms with van der Waals surface area (Å²) in [6.45, 7) is 0. The SMILES string of the molecule is N[C@H](Cc1ccc(-c2ccccc2Cl)o1)C(=O)O. The predicted molar refractivity (Wildman–Crippen MR) is 68.5 cm³/mol. The lowest BCUT2D eigenvalue weighted by Crippen LogP contribution is -2.32. The van der Waals surface area contributed by atoms with Crippen molar-refractivity contribution in [3.63, 3.8) is 0 Å². The summed E-state index contributed by atoms with van der Waals surface area (Å²) in [4.78, 5) is 10.6. The highest BCUT2D eigenvalue weighted by atomic mass is 35.5. The molecule has 5 heteroatoms. The lowest BCUT2D eigenvalue weighted by Gasteiger charge is -2.03. The van der Waals surface area contributed by atoms with E-state index >= 15 is 0 Å². The molecule has 0 unspecified atom stereocenters. The first-order chi connectivity index (χ1) is 8.58. The molecule has 0 aliphatic rings. The predicted octanol–water partition coefficient (Wildman–Crippen LogP) is 2.55. The number of rotatable bonds is 4. The summed E-state index contributed by atoms with van der Waals surface area (Å²) in [7, 11) is 0. The van der Waals surface area contributed by atoms with Crippen LogP contribution in [0.25, 0.3) is 11.3 Å². The van der Waals surface area contributed by atoms with Gasteiger partial charge in [0.2, 0.25) is 0 Å². The second-order valence-corrected chi connectivity index (χ2v) is 4.30. The monoisotopic (exact) mass is 265 g/mol. The topological polar surface area (TPSA) is 76.5 Å². The molecule has 18 heavy (non-hydrogen) atoms. The van der Waals surface area contributed by atoms with Crippen LogP contribution in [0, 0.1) is 0 Å². The third-order valence-corrected chi connectivity index (χ3v) is 2.87. The minimum Gasteiger partial charge on any atom is -0.480 e. The highest BCUT2D eigenvalue weighted by Gasteiger charge is 2.15. The largest absolute Gasteiger partial charge is 0.480 e. The van der Waals surface area contributed by atoms with E-state index in [9.17, 15) is 4.79 Å². The van der Waals surface area contributed by atoms with Crippen molar-refractivity contribution in [1.82, 2.24) is 0 Å². The molecule has 0 saturated carbocycles. The molecule has 1 aromatic heterocycles. The summed E-state index contributed by atoms with van der Waals surface area (Å²) in [6.07, 6.45) is 0.153. The van der Waals surface area contributed by atoms with Gasteiger partial charge in [-0.1, -0.05) is 23.7 Å². The van der Waals surface area contributed by atoms with Crippen LogP contribution in [0.1, 0.15) is 5.76 Å². The van der Waals surface area contributed by atoms with Gasteiger partial charge in [0, 0.05) is 12.0 Å². The molecule has 1 aromatic carbocycles. The highest BCUT2D eigenvalue weighted by molar-refractivity contribution is 6.33. The Bertz CT molecular complexity index is 565. The Morgan fingerprint density at radius 2 is 2.06 bits per heavy atom. The molecule has 4 nitrogen and oxygen atoms in total. The van der Waals surface area contributed by atoms with Crippen molar-refractivity contribution >= 4 is 17.6 Å². The van der Waals surface area contributed by atoms with Gasteiger partial charge in [0.1, 0.15) is 17.6 Å². The first-order valence-electron chi connectivity index (χ1n) is 5.40. The van der Waals surface area contributed by atoms with Crippen LogP contribution in [0.2, 0.25) is 5.02 Å². The second kappa shape index (κ2) is 5.25. The number of halogens is 1. The van der Waals surface area contributed by atoms with Crippen molar-refractivity contribution in [2.75, 3.05) is 0 Å². The molecule has 1 atom stereocenters. The molecular weight excluding hydrogens is 254 g/mol. The van der Waals surface area contributed by atoms with Crippen molar-refractivity contribution < 1.29 is 14.3 Å². The molecule has 0 saturated heterocycles. The lowest BCUT2D eigenvalue weighted by molar-refractivity contribution is -0.138. The lowest BCUT2D eigenvalue weighted by atomic mass is 10.2. The molecule has 2 aromatic rings. The Morgan fingerprint density at radius 3 is 2.72 bits per heavy atom. The second-order valence-electron chi connectivity index (χ2n) is 3.89. The summed E-state index contributed by atoms with van der Waals surface area (Å²) >= 11 is 6.05. The van der Waals surface area contributed by atoms with E-state index in [2.05, 4.69) is 0 Å². The van der Waals surface area contributed by atoms with E-state index < -0.39 is 12.0 Å². The van der Waals surface area contributed by atoms with Crippen LogP contribution < -0.4 is 5.73 Å². The van der Waals surface area contributed by atoms with Gasteiger partial charge in [0.05, 0.1) is 5.02 Å². The fourth-order valence-electron chi connectivity index (χ4n) is 1.60. The third-order valence-electron chi connectivity index (χ3n) is 2.54. The summed E-state index contributed by atoms with van der Waals surface area (Å²) in [5.74, 6) is 0.0821. The van der Waals surface area contributed by atoms with Crippen LogP contribution >= 0.6 is 11.6 Å². The molecule has 0 amide bonds. The Kier molecular flexibility index (Phi) is 3.69. The average molecular weight is 266 g/mol. The van der Waals surface area contributed by atoms with Crippen LogP contribution in [-0.2, 0) is 11.2 Å². The van der Waals surface area contributed by atoms with Gasteiger partial charge >= 0.3 is 5.97 Å². The van der Waals surface area contributed by atoms with Crippen LogP contribution in [0.3, 0.4) is 0 Å². The zero-order valence-corrected chi connectivity index (χ0v) is 10.2. The Hall–Kier alpha value is -1.78. The summed E-state index contributed by atoms with van der Waals surface area (Å²) in [5, 5.41) is 9.31. The van der Waals surface area contributed by atoms with Gasteiger partial charge in [-0.05, 0) is 24.3 Å². The van der Waals surface area contributed by atoms with Gasteiger partial charge in [-0.2, -0.15) is 0 Å². The Morgan fingerprint density at radius 1 is 1.33 bits per heavy atom. The maximum atomic E-state index is 10.6. The Labute approximate surface area is 109 Å². The van der Waals surface area contributed by atoms with E-state index in [-0.39, 0.29) is 6.42 Å². The maximum absolute atomic E-state index is 10.6. The molecule has 0 spiro atoms. The number of carboxylic acid groups (broad SMARTS) is 1. The average Bonchev–Trinajstić information content (AvgIpc) is 2.77. The van der Waals surface area contributed by atoms with Crippen molar-refractivity contribution in [3.05, 3.63) is 47.2 Å². The van der Waals surface area contributed by atoms with Crippen molar-refractivity contribution in [1.29, 1.82) is 0 Å². The number of nitrogens with two attached hydrogens (primary N) is 1. The molecule has 0 bridgehead atoms. The van der Waals surface area contributed by atoms with Crippen molar-refractivity contribution in [2.24, 2.45) is 5.73 Å². The summed E-state index contributed by atoms with van der Waals surface area (Å²) in [5.41, 5.74) is 6.21. The quantitative estimate of drug-likeness (QED) is 0.891. The minimum absolute atomic E-state index is 0.153. The molecule has 0 fully saturated rings. The van der Waals surface area contributed by atoms with E-state index in [1.807, 2.05) is 18.2 Å². The zero-order chi connectivity index (χ0) is 13.1. The van der Waals surface area contributed by atoms with E-state index in [0.29, 0.717) is 16.5 Å².